The summed E-state index contributed by atoms with van der Waals surface area (Å²) in [6.07, 6.45) is 3.56. The first kappa shape index (κ1) is 19.2. The molecule has 140 valence electrons. The molecule has 0 fully saturated rings. The lowest BCUT2D eigenvalue weighted by atomic mass is 9.88. The van der Waals surface area contributed by atoms with E-state index in [1.54, 1.807) is 18.2 Å². The van der Waals surface area contributed by atoms with E-state index in [0.29, 0.717) is 0 Å². The van der Waals surface area contributed by atoms with E-state index < -0.39 is 5.97 Å². The van der Waals surface area contributed by atoms with Crippen LogP contribution in [0.3, 0.4) is 0 Å². The zero-order valence-corrected chi connectivity index (χ0v) is 15.7. The Balaban J connectivity index is 2.15. The SMILES string of the molecule is CC/C(=C(/c1ccc(O)cc1)c1ccc(/C=C/C(=O)O)cc1)c1ccccc1. The highest BCUT2D eigenvalue weighted by Crippen LogP contribution is 2.35. The van der Waals surface area contributed by atoms with Crippen molar-refractivity contribution in [2.45, 2.75) is 13.3 Å². The summed E-state index contributed by atoms with van der Waals surface area (Å²) in [4.78, 5) is 10.7. The third-order valence-electron chi connectivity index (χ3n) is 4.55. The zero-order chi connectivity index (χ0) is 19.9. The van der Waals surface area contributed by atoms with Crippen molar-refractivity contribution in [2.75, 3.05) is 0 Å². The van der Waals surface area contributed by atoms with Crippen LogP contribution < -0.4 is 0 Å². The van der Waals surface area contributed by atoms with Crippen molar-refractivity contribution in [2.24, 2.45) is 0 Å². The summed E-state index contributed by atoms with van der Waals surface area (Å²) in [6.45, 7) is 2.13. The molecule has 0 atom stereocenters. The van der Waals surface area contributed by atoms with Gasteiger partial charge in [-0.25, -0.2) is 4.79 Å². The van der Waals surface area contributed by atoms with E-state index in [1.807, 2.05) is 54.6 Å². The minimum Gasteiger partial charge on any atom is -0.508 e. The number of aliphatic carboxylic acids is 1. The molecule has 0 unspecified atom stereocenters. The van der Waals surface area contributed by atoms with Crippen LogP contribution in [0.2, 0.25) is 0 Å². The third-order valence-corrected chi connectivity index (χ3v) is 4.55. The fourth-order valence-electron chi connectivity index (χ4n) is 3.24. The Morgan fingerprint density at radius 3 is 1.93 bits per heavy atom. The molecule has 0 aliphatic carbocycles. The number of hydrogen-bond acceptors (Lipinski definition) is 2. The minimum absolute atomic E-state index is 0.231. The number of phenolic OH excluding ortho intramolecular Hbond substituents is 1. The molecule has 3 heteroatoms. The van der Waals surface area contributed by atoms with Crippen LogP contribution in [-0.2, 0) is 4.79 Å². The van der Waals surface area contributed by atoms with Crippen molar-refractivity contribution < 1.29 is 15.0 Å². The Bertz CT molecular complexity index is 996. The number of aromatic hydroxyl groups is 1. The predicted molar refractivity (Wildman–Crippen MR) is 114 cm³/mol. The van der Waals surface area contributed by atoms with E-state index in [-0.39, 0.29) is 5.75 Å². The molecular weight excluding hydrogens is 348 g/mol. The van der Waals surface area contributed by atoms with Gasteiger partial charge >= 0.3 is 5.97 Å². The Hall–Kier alpha value is -3.59. The molecule has 0 saturated carbocycles. The van der Waals surface area contributed by atoms with Crippen molar-refractivity contribution in [3.8, 4) is 5.75 Å². The van der Waals surface area contributed by atoms with Gasteiger partial charge in [0, 0.05) is 6.08 Å². The van der Waals surface area contributed by atoms with Crippen molar-refractivity contribution in [1.29, 1.82) is 0 Å². The van der Waals surface area contributed by atoms with E-state index in [4.69, 9.17) is 5.11 Å². The number of hydrogen-bond donors (Lipinski definition) is 2. The number of benzene rings is 3. The lowest BCUT2D eigenvalue weighted by molar-refractivity contribution is -0.131. The molecule has 0 spiro atoms. The summed E-state index contributed by atoms with van der Waals surface area (Å²) in [5, 5.41) is 18.5. The molecular formula is C25H22O3. The van der Waals surface area contributed by atoms with Gasteiger partial charge in [-0.1, -0.05) is 73.7 Å². The first-order valence-corrected chi connectivity index (χ1v) is 9.18. The van der Waals surface area contributed by atoms with E-state index in [0.717, 1.165) is 40.3 Å². The van der Waals surface area contributed by atoms with Crippen LogP contribution >= 0.6 is 0 Å². The van der Waals surface area contributed by atoms with Gasteiger partial charge in [0.2, 0.25) is 0 Å². The molecule has 2 N–H and O–H groups in total. The summed E-state index contributed by atoms with van der Waals surface area (Å²) >= 11 is 0. The molecule has 3 nitrogen and oxygen atoms in total. The molecule has 3 aromatic carbocycles. The van der Waals surface area contributed by atoms with Gasteiger partial charge in [0.25, 0.3) is 0 Å². The average molecular weight is 370 g/mol. The number of allylic oxidation sites excluding steroid dienone is 1. The highest BCUT2D eigenvalue weighted by molar-refractivity contribution is 5.98. The van der Waals surface area contributed by atoms with Gasteiger partial charge in [0.1, 0.15) is 5.75 Å². The van der Waals surface area contributed by atoms with Gasteiger partial charge in [-0.3, -0.25) is 0 Å². The second-order valence-electron chi connectivity index (χ2n) is 6.41. The molecule has 0 heterocycles. The first-order chi connectivity index (χ1) is 13.6. The predicted octanol–water partition coefficient (Wildman–Crippen LogP) is 5.86. The molecule has 0 aliphatic rings. The summed E-state index contributed by atoms with van der Waals surface area (Å²) in [5.74, 6) is -0.735. The van der Waals surface area contributed by atoms with Crippen molar-refractivity contribution in [3.05, 3.63) is 107 Å². The largest absolute Gasteiger partial charge is 0.508 e. The van der Waals surface area contributed by atoms with Crippen LogP contribution in [0, 0.1) is 0 Å². The summed E-state index contributed by atoms with van der Waals surface area (Å²) in [7, 11) is 0. The van der Waals surface area contributed by atoms with Gasteiger partial charge in [0.05, 0.1) is 0 Å². The first-order valence-electron chi connectivity index (χ1n) is 9.18. The van der Waals surface area contributed by atoms with Crippen LogP contribution in [0.15, 0.2) is 84.9 Å². The molecule has 0 amide bonds. The lowest BCUT2D eigenvalue weighted by Crippen LogP contribution is -1.95. The number of carbonyl (C=O) groups is 1. The fraction of sp³-hybridized carbons (Fsp3) is 0.0800. The Morgan fingerprint density at radius 2 is 1.39 bits per heavy atom. The standard InChI is InChI=1S/C25H22O3/c1-2-23(19-6-4-3-5-7-19)25(21-13-15-22(26)16-14-21)20-11-8-18(9-12-20)10-17-24(27)28/h3-17,26H,2H2,1H3,(H,27,28)/b17-10+,25-23-. The van der Waals surface area contributed by atoms with Crippen LogP contribution in [-0.4, -0.2) is 16.2 Å². The van der Waals surface area contributed by atoms with Crippen molar-refractivity contribution >= 4 is 23.2 Å². The van der Waals surface area contributed by atoms with E-state index in [2.05, 4.69) is 19.1 Å². The zero-order valence-electron chi connectivity index (χ0n) is 15.7. The smallest absolute Gasteiger partial charge is 0.328 e. The fourth-order valence-corrected chi connectivity index (χ4v) is 3.24. The number of phenols is 1. The van der Waals surface area contributed by atoms with Crippen molar-refractivity contribution in [3.63, 3.8) is 0 Å². The Morgan fingerprint density at radius 1 is 0.821 bits per heavy atom. The Labute approximate surface area is 164 Å². The van der Waals surface area contributed by atoms with Crippen molar-refractivity contribution in [1.82, 2.24) is 0 Å². The molecule has 0 radical (unpaired) electrons. The molecule has 0 bridgehead atoms. The molecule has 3 aromatic rings. The average Bonchev–Trinajstić information content (AvgIpc) is 2.72. The number of carboxylic acids is 1. The van der Waals surface area contributed by atoms with Gasteiger partial charge in [-0.15, -0.1) is 0 Å². The van der Waals surface area contributed by atoms with Crippen LogP contribution in [0.4, 0.5) is 0 Å². The van der Waals surface area contributed by atoms with Crippen LogP contribution in [0.1, 0.15) is 35.6 Å². The molecule has 28 heavy (non-hydrogen) atoms. The van der Waals surface area contributed by atoms with Crippen LogP contribution in [0.25, 0.3) is 17.2 Å². The van der Waals surface area contributed by atoms with Gasteiger partial charge in [-0.2, -0.15) is 0 Å². The van der Waals surface area contributed by atoms with E-state index in [1.165, 1.54) is 5.57 Å². The topological polar surface area (TPSA) is 57.5 Å². The van der Waals surface area contributed by atoms with Gasteiger partial charge in [0.15, 0.2) is 0 Å². The number of rotatable bonds is 6. The lowest BCUT2D eigenvalue weighted by Gasteiger charge is -2.16. The molecule has 3 rings (SSSR count). The third kappa shape index (κ3) is 4.57. The molecule has 0 saturated heterocycles. The van der Waals surface area contributed by atoms with E-state index in [9.17, 15) is 9.90 Å². The normalized spacial score (nSPS) is 12.0. The second kappa shape index (κ2) is 8.87. The van der Waals surface area contributed by atoms with E-state index >= 15 is 0 Å². The highest BCUT2D eigenvalue weighted by atomic mass is 16.4. The Kier molecular flexibility index (Phi) is 6.07. The quantitative estimate of drug-likeness (QED) is 0.422. The maximum Gasteiger partial charge on any atom is 0.328 e. The summed E-state index contributed by atoms with van der Waals surface area (Å²) in [6, 6.07) is 25.3. The highest BCUT2D eigenvalue weighted by Gasteiger charge is 2.13. The molecule has 0 aromatic heterocycles. The summed E-state index contributed by atoms with van der Waals surface area (Å²) in [5.41, 5.74) is 6.35. The minimum atomic E-state index is -0.967. The maximum atomic E-state index is 10.7. The van der Waals surface area contributed by atoms with Crippen LogP contribution in [0.5, 0.6) is 5.75 Å². The monoisotopic (exact) mass is 370 g/mol. The number of carboxylic acid groups (broad SMARTS) is 1. The van der Waals surface area contributed by atoms with Gasteiger partial charge < -0.3 is 10.2 Å². The maximum absolute atomic E-state index is 10.7. The summed E-state index contributed by atoms with van der Waals surface area (Å²) < 4.78 is 0. The van der Waals surface area contributed by atoms with Gasteiger partial charge in [-0.05, 0) is 58.0 Å². The molecule has 0 aliphatic heterocycles. The second-order valence-corrected chi connectivity index (χ2v) is 6.41.